The van der Waals surface area contributed by atoms with Crippen molar-refractivity contribution in [3.05, 3.63) is 65.7 Å². The van der Waals surface area contributed by atoms with Crippen molar-refractivity contribution in [3.63, 3.8) is 0 Å². The first-order valence-electron chi connectivity index (χ1n) is 6.86. The van der Waals surface area contributed by atoms with Gasteiger partial charge in [-0.3, -0.25) is 0 Å². The molecule has 0 aliphatic rings. The second-order valence-corrected chi connectivity index (χ2v) is 4.54. The molecule has 0 aliphatic carbocycles. The van der Waals surface area contributed by atoms with E-state index in [0.29, 0.717) is 18.8 Å². The van der Waals surface area contributed by atoms with E-state index in [9.17, 15) is 4.79 Å². The van der Waals surface area contributed by atoms with Gasteiger partial charge in [0, 0.05) is 18.6 Å². The van der Waals surface area contributed by atoms with Gasteiger partial charge in [0.1, 0.15) is 5.75 Å². The topological polar surface area (TPSA) is 55.8 Å². The molecule has 0 aromatic heterocycles. The maximum absolute atomic E-state index is 10.8. The number of para-hydroxylation sites is 1. The summed E-state index contributed by atoms with van der Waals surface area (Å²) >= 11 is 0. The maximum Gasteiger partial charge on any atom is 0.511 e. The highest BCUT2D eigenvalue weighted by Gasteiger charge is 2.18. The fraction of sp³-hybridized carbons (Fsp3) is 0.235. The number of hydrogen-bond donors (Lipinski definition) is 1. The van der Waals surface area contributed by atoms with Gasteiger partial charge in [-0.2, -0.15) is 0 Å². The molecule has 0 bridgehead atoms. The van der Waals surface area contributed by atoms with Gasteiger partial charge >= 0.3 is 6.16 Å². The van der Waals surface area contributed by atoms with Crippen molar-refractivity contribution >= 4 is 6.16 Å². The van der Waals surface area contributed by atoms with Crippen LogP contribution in [0.5, 0.6) is 5.75 Å². The van der Waals surface area contributed by atoms with Gasteiger partial charge in [-0.1, -0.05) is 48.5 Å². The van der Waals surface area contributed by atoms with Crippen LogP contribution < -0.4 is 4.74 Å². The van der Waals surface area contributed by atoms with Gasteiger partial charge in [0.25, 0.3) is 0 Å². The van der Waals surface area contributed by atoms with Crippen LogP contribution >= 0.6 is 0 Å². The average Bonchev–Trinajstić information content (AvgIpc) is 2.48. The zero-order valence-electron chi connectivity index (χ0n) is 11.9. The Kier molecular flexibility index (Phi) is 5.35. The predicted molar refractivity (Wildman–Crippen MR) is 79.6 cm³/mol. The quantitative estimate of drug-likeness (QED) is 0.642. The maximum atomic E-state index is 10.8. The molecule has 1 atom stereocenters. The molecular weight excluding hydrogens is 268 g/mol. The normalized spacial score (nSPS) is 11.9. The lowest BCUT2D eigenvalue weighted by Crippen LogP contribution is -2.12. The van der Waals surface area contributed by atoms with E-state index in [4.69, 9.17) is 14.6 Å². The molecule has 21 heavy (non-hydrogen) atoms. The summed E-state index contributed by atoms with van der Waals surface area (Å²) in [6.07, 6.45) is -0.903. The van der Waals surface area contributed by atoms with Crippen LogP contribution in [0, 0.1) is 0 Å². The molecule has 0 spiro atoms. The molecule has 2 aromatic rings. The average molecular weight is 286 g/mol. The third-order valence-electron chi connectivity index (χ3n) is 3.09. The van der Waals surface area contributed by atoms with Crippen LogP contribution in [0.25, 0.3) is 0 Å². The lowest BCUT2D eigenvalue weighted by Gasteiger charge is -2.19. The van der Waals surface area contributed by atoms with Gasteiger partial charge < -0.3 is 14.6 Å². The first-order chi connectivity index (χ1) is 10.2. The minimum Gasteiger partial charge on any atom is -0.449 e. The van der Waals surface area contributed by atoms with Gasteiger partial charge in [-0.25, -0.2) is 4.79 Å². The minimum atomic E-state index is -1.32. The Balaban J connectivity index is 2.27. The van der Waals surface area contributed by atoms with E-state index in [-0.39, 0.29) is 6.10 Å². The summed E-state index contributed by atoms with van der Waals surface area (Å²) in [4.78, 5) is 10.8. The fourth-order valence-corrected chi connectivity index (χ4v) is 2.22. The first kappa shape index (κ1) is 15.1. The molecule has 4 heteroatoms. The zero-order chi connectivity index (χ0) is 15.1. The summed E-state index contributed by atoms with van der Waals surface area (Å²) in [5.41, 5.74) is 1.87. The van der Waals surface area contributed by atoms with E-state index in [1.165, 1.54) is 0 Å². The summed E-state index contributed by atoms with van der Waals surface area (Å²) in [6.45, 7) is 2.46. The molecular formula is C17H18O4. The highest BCUT2D eigenvalue weighted by Crippen LogP contribution is 2.30. The molecule has 0 saturated carbocycles. The molecule has 0 amide bonds. The third kappa shape index (κ3) is 4.33. The van der Waals surface area contributed by atoms with E-state index in [1.54, 1.807) is 12.1 Å². The van der Waals surface area contributed by atoms with Gasteiger partial charge in [-0.15, -0.1) is 0 Å². The second kappa shape index (κ2) is 7.45. The number of ether oxygens (including phenoxy) is 2. The largest absolute Gasteiger partial charge is 0.511 e. The van der Waals surface area contributed by atoms with Crippen molar-refractivity contribution in [1.82, 2.24) is 0 Å². The first-order valence-corrected chi connectivity index (χ1v) is 6.86. The summed E-state index contributed by atoms with van der Waals surface area (Å²) in [5, 5.41) is 8.83. The SMILES string of the molecule is CCOC(Cc1ccccc1)c1ccccc1OC(=O)O. The zero-order valence-corrected chi connectivity index (χ0v) is 11.9. The van der Waals surface area contributed by atoms with E-state index in [1.807, 2.05) is 49.4 Å². The number of hydrogen-bond acceptors (Lipinski definition) is 3. The Labute approximate surface area is 123 Å². The van der Waals surface area contributed by atoms with Crippen molar-refractivity contribution in [2.45, 2.75) is 19.4 Å². The Morgan fingerprint density at radius 2 is 1.76 bits per heavy atom. The Bertz CT molecular complexity index is 580. The lowest BCUT2D eigenvalue weighted by atomic mass is 10.0. The van der Waals surface area contributed by atoms with Crippen LogP contribution in [0.3, 0.4) is 0 Å². The van der Waals surface area contributed by atoms with Crippen LogP contribution in [0.4, 0.5) is 4.79 Å². The van der Waals surface area contributed by atoms with Crippen molar-refractivity contribution in [2.24, 2.45) is 0 Å². The predicted octanol–water partition coefficient (Wildman–Crippen LogP) is 4.06. The summed E-state index contributed by atoms with van der Waals surface area (Å²) < 4.78 is 10.6. The minimum absolute atomic E-state index is 0.243. The van der Waals surface area contributed by atoms with Gasteiger partial charge in [0.05, 0.1) is 6.10 Å². The van der Waals surface area contributed by atoms with Crippen LogP contribution in [-0.4, -0.2) is 17.9 Å². The van der Waals surface area contributed by atoms with Crippen LogP contribution in [-0.2, 0) is 11.2 Å². The molecule has 4 nitrogen and oxygen atoms in total. The van der Waals surface area contributed by atoms with E-state index >= 15 is 0 Å². The van der Waals surface area contributed by atoms with Crippen LogP contribution in [0.1, 0.15) is 24.2 Å². The van der Waals surface area contributed by atoms with E-state index in [2.05, 4.69) is 0 Å². The van der Waals surface area contributed by atoms with Crippen molar-refractivity contribution in [3.8, 4) is 5.75 Å². The molecule has 2 rings (SSSR count). The van der Waals surface area contributed by atoms with Crippen LogP contribution in [0.15, 0.2) is 54.6 Å². The molecule has 2 aromatic carbocycles. The van der Waals surface area contributed by atoms with E-state index in [0.717, 1.165) is 11.1 Å². The van der Waals surface area contributed by atoms with Gasteiger partial charge in [0.15, 0.2) is 0 Å². The molecule has 110 valence electrons. The van der Waals surface area contributed by atoms with Gasteiger partial charge in [0.2, 0.25) is 0 Å². The Morgan fingerprint density at radius 3 is 2.43 bits per heavy atom. The molecule has 1 unspecified atom stereocenters. The number of benzene rings is 2. The summed E-state index contributed by atoms with van der Waals surface area (Å²) in [7, 11) is 0. The smallest absolute Gasteiger partial charge is 0.449 e. The molecule has 0 heterocycles. The monoisotopic (exact) mass is 286 g/mol. The van der Waals surface area contributed by atoms with E-state index < -0.39 is 6.16 Å². The Hall–Kier alpha value is -2.33. The van der Waals surface area contributed by atoms with Crippen LogP contribution in [0.2, 0.25) is 0 Å². The molecule has 0 radical (unpaired) electrons. The number of carboxylic acid groups (broad SMARTS) is 1. The second-order valence-electron chi connectivity index (χ2n) is 4.54. The third-order valence-corrected chi connectivity index (χ3v) is 3.09. The molecule has 0 saturated heterocycles. The number of rotatable bonds is 6. The summed E-state index contributed by atoms with van der Waals surface area (Å²) in [5.74, 6) is 0.319. The van der Waals surface area contributed by atoms with Crippen molar-refractivity contribution < 1.29 is 19.4 Å². The Morgan fingerprint density at radius 1 is 1.10 bits per heavy atom. The fourth-order valence-electron chi connectivity index (χ4n) is 2.22. The molecule has 0 aliphatic heterocycles. The highest BCUT2D eigenvalue weighted by molar-refractivity contribution is 5.62. The lowest BCUT2D eigenvalue weighted by molar-refractivity contribution is 0.0604. The standard InChI is InChI=1S/C17H18O4/c1-2-20-16(12-13-8-4-3-5-9-13)14-10-6-7-11-15(14)21-17(18)19/h3-11,16H,2,12H2,1H3,(H,18,19). The number of carbonyl (C=O) groups is 1. The molecule has 1 N–H and O–H groups in total. The van der Waals surface area contributed by atoms with Crippen molar-refractivity contribution in [2.75, 3.05) is 6.61 Å². The highest BCUT2D eigenvalue weighted by atomic mass is 16.7. The van der Waals surface area contributed by atoms with Crippen molar-refractivity contribution in [1.29, 1.82) is 0 Å². The molecule has 0 fully saturated rings. The van der Waals surface area contributed by atoms with Gasteiger partial charge in [-0.05, 0) is 18.6 Å². The summed E-state index contributed by atoms with van der Waals surface area (Å²) in [6, 6.07) is 17.0.